The van der Waals surface area contributed by atoms with Crippen molar-refractivity contribution in [1.82, 2.24) is 35.1 Å². The number of alkyl halides is 3. The number of nitrogens with zero attached hydrogens (tertiary/aromatic N) is 6. The molecule has 0 radical (unpaired) electrons. The van der Waals surface area contributed by atoms with Crippen LogP contribution in [0.2, 0.25) is 0 Å². The van der Waals surface area contributed by atoms with Gasteiger partial charge < -0.3 is 20.4 Å². The second-order valence-electron chi connectivity index (χ2n) is 9.81. The summed E-state index contributed by atoms with van der Waals surface area (Å²) in [5.74, 6) is -2.10. The van der Waals surface area contributed by atoms with Crippen LogP contribution < -0.4 is 15.8 Å². The molecular formula is C26H24F4N8O3. The topological polar surface area (TPSA) is 143 Å². The van der Waals surface area contributed by atoms with Crippen LogP contribution in [0.15, 0.2) is 36.5 Å². The third-order valence-electron chi connectivity index (χ3n) is 6.85. The summed E-state index contributed by atoms with van der Waals surface area (Å²) in [7, 11) is 3.11. The van der Waals surface area contributed by atoms with Crippen molar-refractivity contribution in [2.45, 2.75) is 38.0 Å². The predicted octanol–water partition coefficient (Wildman–Crippen LogP) is 3.04. The first-order valence-electron chi connectivity index (χ1n) is 12.3. The minimum Gasteiger partial charge on any atom is -0.496 e. The van der Waals surface area contributed by atoms with Gasteiger partial charge in [0, 0.05) is 17.7 Å². The number of carbonyl (C=O) groups is 2. The Balaban J connectivity index is 1.69. The van der Waals surface area contributed by atoms with Crippen LogP contribution in [0.4, 0.5) is 17.6 Å². The third kappa shape index (κ3) is 5.21. The predicted molar refractivity (Wildman–Crippen MR) is 137 cm³/mol. The number of pyridine rings is 1. The van der Waals surface area contributed by atoms with Gasteiger partial charge in [-0.1, -0.05) is 0 Å². The number of nitrogens with one attached hydrogen (secondary N) is 1. The molecule has 1 aliphatic heterocycles. The largest absolute Gasteiger partial charge is 0.496 e. The first-order chi connectivity index (χ1) is 19.3. The van der Waals surface area contributed by atoms with Gasteiger partial charge >= 0.3 is 6.18 Å². The van der Waals surface area contributed by atoms with Gasteiger partial charge in [-0.15, -0.1) is 10.2 Å². The smallest absolute Gasteiger partial charge is 0.391 e. The minimum atomic E-state index is -4.78. The summed E-state index contributed by atoms with van der Waals surface area (Å²) in [5.41, 5.74) is 6.06. The molecule has 3 N–H and O–H groups in total. The van der Waals surface area contributed by atoms with E-state index in [2.05, 4.69) is 25.7 Å². The van der Waals surface area contributed by atoms with E-state index in [4.69, 9.17) is 10.5 Å². The van der Waals surface area contributed by atoms with E-state index >= 15 is 0 Å². The number of halogens is 4. The van der Waals surface area contributed by atoms with Crippen LogP contribution in [-0.4, -0.2) is 60.4 Å². The zero-order valence-electron chi connectivity index (χ0n) is 22.1. The van der Waals surface area contributed by atoms with Gasteiger partial charge in [-0.2, -0.15) is 18.0 Å². The lowest BCUT2D eigenvalue weighted by atomic mass is 9.92. The number of aryl methyl sites for hydroxylation is 2. The van der Waals surface area contributed by atoms with Gasteiger partial charge in [0.2, 0.25) is 11.7 Å². The Morgan fingerprint density at radius 2 is 1.90 bits per heavy atom. The van der Waals surface area contributed by atoms with Gasteiger partial charge in [0.15, 0.2) is 0 Å². The number of amides is 2. The van der Waals surface area contributed by atoms with Crippen LogP contribution in [0.1, 0.15) is 29.4 Å². The summed E-state index contributed by atoms with van der Waals surface area (Å²) in [6, 6.07) is 7.65. The SMILES string of the molecule is COc1cc2c(cc1-c1nnn(C)n1)-c1c(-c3ccc(F)cn3)cc(C(=O)N[C@@](C)(CC(F)(F)F)C(N)=O)n1CC2. The fourth-order valence-corrected chi connectivity index (χ4v) is 4.92. The Hall–Kier alpha value is -4.82. The highest BCUT2D eigenvalue weighted by Crippen LogP contribution is 2.43. The van der Waals surface area contributed by atoms with Crippen LogP contribution >= 0.6 is 0 Å². The van der Waals surface area contributed by atoms with E-state index in [1.54, 1.807) is 17.7 Å². The van der Waals surface area contributed by atoms with E-state index in [1.807, 2.05) is 6.07 Å². The molecule has 4 heterocycles. The zero-order valence-corrected chi connectivity index (χ0v) is 22.1. The number of hydrogen-bond acceptors (Lipinski definition) is 7. The molecule has 0 saturated carbocycles. The van der Waals surface area contributed by atoms with Gasteiger partial charge in [0.1, 0.15) is 22.8 Å². The van der Waals surface area contributed by atoms with Crippen molar-refractivity contribution in [2.24, 2.45) is 12.8 Å². The maximum absolute atomic E-state index is 13.7. The van der Waals surface area contributed by atoms with Gasteiger partial charge in [-0.3, -0.25) is 14.6 Å². The summed E-state index contributed by atoms with van der Waals surface area (Å²) < 4.78 is 60.7. The van der Waals surface area contributed by atoms with Crippen molar-refractivity contribution in [3.05, 3.63) is 53.6 Å². The number of fused-ring (bicyclic) bond motifs is 3. The molecule has 0 bridgehead atoms. The molecule has 11 nitrogen and oxygen atoms in total. The highest BCUT2D eigenvalue weighted by atomic mass is 19.4. The first kappa shape index (κ1) is 27.7. The molecule has 15 heteroatoms. The number of primary amides is 1. The summed E-state index contributed by atoms with van der Waals surface area (Å²) in [5, 5.41) is 14.4. The maximum Gasteiger partial charge on any atom is 0.391 e. The molecule has 214 valence electrons. The zero-order chi connectivity index (χ0) is 29.7. The summed E-state index contributed by atoms with van der Waals surface area (Å²) in [6.07, 6.45) is -4.99. The number of nitrogens with two attached hydrogens (primary N) is 1. The normalized spacial score (nSPS) is 14.1. The molecule has 4 aromatic rings. The van der Waals surface area contributed by atoms with Crippen molar-refractivity contribution in [3.63, 3.8) is 0 Å². The lowest BCUT2D eigenvalue weighted by molar-refractivity contribution is -0.156. The van der Waals surface area contributed by atoms with Gasteiger partial charge in [0.05, 0.1) is 43.7 Å². The van der Waals surface area contributed by atoms with E-state index in [0.717, 1.165) is 18.7 Å². The fraction of sp³-hybridized carbons (Fsp3) is 0.308. The second kappa shape index (κ2) is 9.98. The summed E-state index contributed by atoms with van der Waals surface area (Å²) in [4.78, 5) is 31.0. The highest BCUT2D eigenvalue weighted by Gasteiger charge is 2.45. The molecule has 3 aromatic heterocycles. The molecule has 1 atom stereocenters. The van der Waals surface area contributed by atoms with Crippen molar-refractivity contribution in [2.75, 3.05) is 7.11 Å². The van der Waals surface area contributed by atoms with Crippen LogP contribution in [0.25, 0.3) is 33.9 Å². The lowest BCUT2D eigenvalue weighted by Crippen LogP contribution is -2.57. The minimum absolute atomic E-state index is 0.0311. The average Bonchev–Trinajstić information content (AvgIpc) is 3.51. The maximum atomic E-state index is 13.7. The molecule has 0 fully saturated rings. The number of hydrogen-bond donors (Lipinski definition) is 2. The van der Waals surface area contributed by atoms with E-state index < -0.39 is 35.8 Å². The van der Waals surface area contributed by atoms with E-state index in [9.17, 15) is 27.2 Å². The van der Waals surface area contributed by atoms with Crippen molar-refractivity contribution < 1.29 is 31.9 Å². The Morgan fingerprint density at radius 1 is 1.15 bits per heavy atom. The molecule has 0 saturated heterocycles. The summed E-state index contributed by atoms with van der Waals surface area (Å²) >= 11 is 0. The van der Waals surface area contributed by atoms with Crippen molar-refractivity contribution >= 4 is 11.8 Å². The molecule has 1 aliphatic rings. The number of ether oxygens (including phenoxy) is 1. The Morgan fingerprint density at radius 3 is 2.49 bits per heavy atom. The molecule has 41 heavy (non-hydrogen) atoms. The standard InChI is InChI=1S/C26H24F4N8O3/c1-25(24(31)40,12-26(28,29)30)33-23(39)19-10-16(18-5-4-14(27)11-32-18)21-15-9-17(22-34-36-37(2)35-22)20(41-3)8-13(15)6-7-38(19)21/h4-5,8-11H,6-7,12H2,1-3H3,(H2,31,40)(H,33,39)/t25-/m0/s1. The second-order valence-corrected chi connectivity index (χ2v) is 9.81. The summed E-state index contributed by atoms with van der Waals surface area (Å²) in [6.45, 7) is 1.18. The fourth-order valence-electron chi connectivity index (χ4n) is 4.92. The number of rotatable bonds is 7. The molecule has 1 aromatic carbocycles. The first-order valence-corrected chi connectivity index (χ1v) is 12.3. The molecule has 2 amide bonds. The molecular weight excluding hydrogens is 548 g/mol. The Labute approximate surface area is 230 Å². The Bertz CT molecular complexity index is 1660. The van der Waals surface area contributed by atoms with E-state index in [-0.39, 0.29) is 18.1 Å². The van der Waals surface area contributed by atoms with Gasteiger partial charge in [-0.25, -0.2) is 4.39 Å². The van der Waals surface area contributed by atoms with E-state index in [1.165, 1.54) is 30.1 Å². The molecule has 5 rings (SSSR count). The molecule has 0 aliphatic carbocycles. The van der Waals surface area contributed by atoms with Crippen LogP contribution in [-0.2, 0) is 24.8 Å². The van der Waals surface area contributed by atoms with Gasteiger partial charge in [0.25, 0.3) is 5.91 Å². The monoisotopic (exact) mass is 572 g/mol. The molecule has 0 spiro atoms. The number of aromatic nitrogens is 6. The molecule has 0 unspecified atom stereocenters. The number of carbonyl (C=O) groups excluding carboxylic acids is 2. The van der Waals surface area contributed by atoms with Crippen LogP contribution in [0.3, 0.4) is 0 Å². The van der Waals surface area contributed by atoms with Crippen LogP contribution in [0, 0.1) is 5.82 Å². The van der Waals surface area contributed by atoms with Crippen molar-refractivity contribution in [3.8, 4) is 39.7 Å². The quantitative estimate of drug-likeness (QED) is 0.324. The lowest BCUT2D eigenvalue weighted by Gasteiger charge is -2.29. The third-order valence-corrected chi connectivity index (χ3v) is 6.85. The number of benzene rings is 1. The average molecular weight is 573 g/mol. The number of methoxy groups -OCH3 is 1. The van der Waals surface area contributed by atoms with Gasteiger partial charge in [-0.05, 0) is 54.5 Å². The number of tetrazole rings is 1. The van der Waals surface area contributed by atoms with E-state index in [0.29, 0.717) is 40.2 Å². The van der Waals surface area contributed by atoms with Crippen LogP contribution in [0.5, 0.6) is 5.75 Å². The highest BCUT2D eigenvalue weighted by molar-refractivity contribution is 6.01. The Kier molecular flexibility index (Phi) is 6.75. The van der Waals surface area contributed by atoms with Crippen molar-refractivity contribution in [1.29, 1.82) is 0 Å².